The number of rotatable bonds is 3. The van der Waals surface area contributed by atoms with E-state index in [1.807, 2.05) is 6.92 Å². The van der Waals surface area contributed by atoms with Gasteiger partial charge in [0.2, 0.25) is 0 Å². The summed E-state index contributed by atoms with van der Waals surface area (Å²) in [5.74, 6) is 0.142. The number of nitrogens with one attached hydrogen (secondary N) is 1. The van der Waals surface area contributed by atoms with Crippen LogP contribution in [0.1, 0.15) is 20.3 Å². The molecule has 1 heterocycles. The molecule has 0 saturated heterocycles. The summed E-state index contributed by atoms with van der Waals surface area (Å²) < 4.78 is 12.6. The predicted molar refractivity (Wildman–Crippen MR) is 52.0 cm³/mol. The molecule has 0 aliphatic carbocycles. The van der Waals surface area contributed by atoms with E-state index in [-0.39, 0.29) is 0 Å². The van der Waals surface area contributed by atoms with Gasteiger partial charge in [-0.3, -0.25) is 0 Å². The summed E-state index contributed by atoms with van der Waals surface area (Å²) in [5, 5.41) is 3.08. The van der Waals surface area contributed by atoms with Crippen molar-refractivity contribution in [1.82, 2.24) is 4.98 Å². The summed E-state index contributed by atoms with van der Waals surface area (Å²) in [6.45, 7) is 4.07. The average Bonchev–Trinajstić information content (AvgIpc) is 2.09. The van der Waals surface area contributed by atoms with Gasteiger partial charge in [0.1, 0.15) is 11.6 Å². The molecule has 4 heteroatoms. The minimum Gasteiger partial charge on any atom is -0.396 e. The van der Waals surface area contributed by atoms with Crippen molar-refractivity contribution in [3.63, 3.8) is 0 Å². The van der Waals surface area contributed by atoms with Gasteiger partial charge in [-0.15, -0.1) is 0 Å². The molecule has 0 radical (unpaired) electrons. The number of nitrogen functional groups attached to an aromatic ring is 1. The van der Waals surface area contributed by atoms with E-state index >= 15 is 0 Å². The number of pyridine rings is 1. The van der Waals surface area contributed by atoms with E-state index in [0.717, 1.165) is 12.6 Å². The third-order valence-electron chi connectivity index (χ3n) is 1.88. The molecule has 0 aromatic carbocycles. The maximum Gasteiger partial charge on any atom is 0.149 e. The topological polar surface area (TPSA) is 50.9 Å². The van der Waals surface area contributed by atoms with Gasteiger partial charge in [-0.05, 0) is 13.3 Å². The second-order valence-corrected chi connectivity index (χ2v) is 3.05. The van der Waals surface area contributed by atoms with Gasteiger partial charge in [0.05, 0.1) is 11.9 Å². The lowest BCUT2D eigenvalue weighted by atomic mass is 10.2. The van der Waals surface area contributed by atoms with E-state index in [9.17, 15) is 4.39 Å². The monoisotopic (exact) mass is 183 g/mol. The summed E-state index contributed by atoms with van der Waals surface area (Å²) in [6, 6.07) is 1.55. The van der Waals surface area contributed by atoms with Gasteiger partial charge in [-0.25, -0.2) is 9.37 Å². The highest BCUT2D eigenvalue weighted by molar-refractivity contribution is 5.60. The lowest BCUT2D eigenvalue weighted by molar-refractivity contribution is 0.622. The van der Waals surface area contributed by atoms with Gasteiger partial charge in [0, 0.05) is 12.1 Å². The number of aromatic nitrogens is 1. The Kier molecular flexibility index (Phi) is 3.06. The van der Waals surface area contributed by atoms with Crippen molar-refractivity contribution < 1.29 is 4.39 Å². The number of hydrogen-bond donors (Lipinski definition) is 2. The van der Waals surface area contributed by atoms with Gasteiger partial charge in [-0.2, -0.15) is 0 Å². The Balaban J connectivity index is 2.77. The minimum atomic E-state index is -0.410. The summed E-state index contributed by atoms with van der Waals surface area (Å²) in [4.78, 5) is 3.85. The van der Waals surface area contributed by atoms with Crippen molar-refractivity contribution in [1.29, 1.82) is 0 Å². The largest absolute Gasteiger partial charge is 0.396 e. The fourth-order valence-corrected chi connectivity index (χ4v) is 0.911. The molecule has 0 amide bonds. The first-order valence-corrected chi connectivity index (χ1v) is 4.31. The van der Waals surface area contributed by atoms with Crippen molar-refractivity contribution in [3.05, 3.63) is 18.1 Å². The molecular formula is C9H14FN3. The Morgan fingerprint density at radius 3 is 2.92 bits per heavy atom. The molecule has 72 valence electrons. The number of anilines is 2. The maximum atomic E-state index is 12.6. The highest BCUT2D eigenvalue weighted by Gasteiger charge is 2.04. The van der Waals surface area contributed by atoms with E-state index < -0.39 is 5.82 Å². The first-order chi connectivity index (χ1) is 6.13. The summed E-state index contributed by atoms with van der Waals surface area (Å²) in [6.07, 6.45) is 2.12. The third kappa shape index (κ3) is 2.57. The lowest BCUT2D eigenvalue weighted by Gasteiger charge is -2.13. The van der Waals surface area contributed by atoms with Crippen LogP contribution >= 0.6 is 0 Å². The first kappa shape index (κ1) is 9.77. The molecule has 3 nitrogen and oxygen atoms in total. The second-order valence-electron chi connectivity index (χ2n) is 3.05. The zero-order valence-electron chi connectivity index (χ0n) is 7.84. The van der Waals surface area contributed by atoms with Gasteiger partial charge in [-0.1, -0.05) is 6.92 Å². The van der Waals surface area contributed by atoms with Crippen LogP contribution in [0.5, 0.6) is 0 Å². The van der Waals surface area contributed by atoms with Crippen molar-refractivity contribution in [3.8, 4) is 0 Å². The average molecular weight is 183 g/mol. The van der Waals surface area contributed by atoms with Crippen LogP contribution in [0.3, 0.4) is 0 Å². The van der Waals surface area contributed by atoms with E-state index in [1.165, 1.54) is 6.07 Å². The summed E-state index contributed by atoms with van der Waals surface area (Å²) in [5.41, 5.74) is 5.91. The van der Waals surface area contributed by atoms with Crippen molar-refractivity contribution in [2.45, 2.75) is 26.3 Å². The predicted octanol–water partition coefficient (Wildman–Crippen LogP) is 2.01. The van der Waals surface area contributed by atoms with E-state index in [4.69, 9.17) is 5.73 Å². The normalized spacial score (nSPS) is 12.5. The molecular weight excluding hydrogens is 169 g/mol. The van der Waals surface area contributed by atoms with Crippen molar-refractivity contribution in [2.24, 2.45) is 0 Å². The van der Waals surface area contributed by atoms with Crippen molar-refractivity contribution >= 4 is 11.5 Å². The highest BCUT2D eigenvalue weighted by atomic mass is 19.1. The molecule has 13 heavy (non-hydrogen) atoms. The van der Waals surface area contributed by atoms with E-state index in [0.29, 0.717) is 17.5 Å². The standard InChI is InChI=1S/C9H14FN3/c1-3-6(2)13-9-8(11)4-7(10)5-12-9/h4-6H,3,11H2,1-2H3,(H,12,13). The molecule has 0 bridgehead atoms. The molecule has 0 aliphatic heterocycles. The number of halogens is 1. The zero-order valence-corrected chi connectivity index (χ0v) is 7.84. The van der Waals surface area contributed by atoms with Gasteiger partial charge < -0.3 is 11.1 Å². The number of nitrogens with zero attached hydrogens (tertiary/aromatic N) is 1. The summed E-state index contributed by atoms with van der Waals surface area (Å²) >= 11 is 0. The Morgan fingerprint density at radius 1 is 1.69 bits per heavy atom. The quantitative estimate of drug-likeness (QED) is 0.753. The van der Waals surface area contributed by atoms with Crippen LogP contribution < -0.4 is 11.1 Å². The van der Waals surface area contributed by atoms with Gasteiger partial charge >= 0.3 is 0 Å². The Hall–Kier alpha value is -1.32. The lowest BCUT2D eigenvalue weighted by Crippen LogP contribution is -2.15. The maximum absolute atomic E-state index is 12.6. The Labute approximate surface area is 77.2 Å². The molecule has 1 aromatic heterocycles. The second kappa shape index (κ2) is 4.07. The molecule has 0 aliphatic rings. The van der Waals surface area contributed by atoms with Crippen LogP contribution in [-0.4, -0.2) is 11.0 Å². The molecule has 0 saturated carbocycles. The SMILES string of the molecule is CCC(C)Nc1ncc(F)cc1N. The van der Waals surface area contributed by atoms with E-state index in [2.05, 4.69) is 17.2 Å². The van der Waals surface area contributed by atoms with Crippen LogP contribution in [0.4, 0.5) is 15.9 Å². The van der Waals surface area contributed by atoms with Gasteiger partial charge in [0.25, 0.3) is 0 Å². The first-order valence-electron chi connectivity index (χ1n) is 4.31. The Bertz CT molecular complexity index is 288. The third-order valence-corrected chi connectivity index (χ3v) is 1.88. The van der Waals surface area contributed by atoms with Crippen LogP contribution in [0, 0.1) is 5.82 Å². The van der Waals surface area contributed by atoms with Crippen LogP contribution in [0.25, 0.3) is 0 Å². The van der Waals surface area contributed by atoms with Crippen LogP contribution in [0.2, 0.25) is 0 Å². The highest BCUT2D eigenvalue weighted by Crippen LogP contribution is 2.16. The smallest absolute Gasteiger partial charge is 0.149 e. The molecule has 1 atom stereocenters. The summed E-state index contributed by atoms with van der Waals surface area (Å²) in [7, 11) is 0. The fraction of sp³-hybridized carbons (Fsp3) is 0.444. The molecule has 1 aromatic rings. The number of hydrogen-bond acceptors (Lipinski definition) is 3. The molecule has 1 rings (SSSR count). The van der Waals surface area contributed by atoms with E-state index in [1.54, 1.807) is 0 Å². The molecule has 3 N–H and O–H groups in total. The van der Waals surface area contributed by atoms with Crippen molar-refractivity contribution in [2.75, 3.05) is 11.1 Å². The molecule has 0 spiro atoms. The molecule has 0 fully saturated rings. The minimum absolute atomic E-state index is 0.292. The van der Waals surface area contributed by atoms with Gasteiger partial charge in [0.15, 0.2) is 0 Å². The Morgan fingerprint density at radius 2 is 2.38 bits per heavy atom. The molecule has 1 unspecified atom stereocenters. The number of nitrogens with two attached hydrogens (primary N) is 1. The van der Waals surface area contributed by atoms with Crippen LogP contribution in [0.15, 0.2) is 12.3 Å². The fourth-order valence-electron chi connectivity index (χ4n) is 0.911. The zero-order chi connectivity index (χ0) is 9.84. The van der Waals surface area contributed by atoms with Crippen LogP contribution in [-0.2, 0) is 0 Å².